The van der Waals surface area contributed by atoms with Gasteiger partial charge in [-0.1, -0.05) is 13.0 Å². The van der Waals surface area contributed by atoms with Crippen molar-refractivity contribution >= 4 is 5.91 Å². The zero-order chi connectivity index (χ0) is 15.1. The number of nitrogens with zero attached hydrogens (tertiary/aromatic N) is 1. The highest BCUT2D eigenvalue weighted by atomic mass is 16.5. The number of carbonyl (C=O) groups excluding carboxylic acids is 1. The summed E-state index contributed by atoms with van der Waals surface area (Å²) < 4.78 is 5.13. The van der Waals surface area contributed by atoms with E-state index in [0.29, 0.717) is 11.3 Å². The summed E-state index contributed by atoms with van der Waals surface area (Å²) in [6, 6.07) is 7.25. The lowest BCUT2D eigenvalue weighted by atomic mass is 9.99. The van der Waals surface area contributed by atoms with Crippen molar-refractivity contribution in [3.63, 3.8) is 0 Å². The second-order valence-corrected chi connectivity index (χ2v) is 5.87. The summed E-state index contributed by atoms with van der Waals surface area (Å²) >= 11 is 0. The van der Waals surface area contributed by atoms with Crippen LogP contribution in [0.15, 0.2) is 24.3 Å². The second-order valence-electron chi connectivity index (χ2n) is 5.87. The monoisotopic (exact) mass is 290 g/mol. The fourth-order valence-electron chi connectivity index (χ4n) is 2.66. The van der Waals surface area contributed by atoms with Crippen LogP contribution in [-0.4, -0.2) is 44.1 Å². The van der Waals surface area contributed by atoms with Gasteiger partial charge >= 0.3 is 0 Å². The number of hydrogen-bond donors (Lipinski definition) is 1. The minimum Gasteiger partial charge on any atom is -0.497 e. The highest BCUT2D eigenvalue weighted by Crippen LogP contribution is 2.16. The summed E-state index contributed by atoms with van der Waals surface area (Å²) in [5, 5.41) is 2.98. The summed E-state index contributed by atoms with van der Waals surface area (Å²) in [6.45, 7) is 6.52. The lowest BCUT2D eigenvalue weighted by Crippen LogP contribution is -2.35. The lowest BCUT2D eigenvalue weighted by molar-refractivity contribution is 0.0950. The number of nitrogens with one attached hydrogen (secondary N) is 1. The first-order chi connectivity index (χ1) is 10.2. The lowest BCUT2D eigenvalue weighted by Gasteiger charge is -2.30. The van der Waals surface area contributed by atoms with Gasteiger partial charge in [-0.2, -0.15) is 0 Å². The van der Waals surface area contributed by atoms with Gasteiger partial charge in [-0.25, -0.2) is 0 Å². The highest BCUT2D eigenvalue weighted by Gasteiger charge is 2.14. The van der Waals surface area contributed by atoms with Gasteiger partial charge in [0.05, 0.1) is 7.11 Å². The van der Waals surface area contributed by atoms with Crippen molar-refractivity contribution in [1.82, 2.24) is 10.2 Å². The van der Waals surface area contributed by atoms with Gasteiger partial charge in [0.15, 0.2) is 0 Å². The number of amides is 1. The number of benzene rings is 1. The van der Waals surface area contributed by atoms with Gasteiger partial charge in [0, 0.05) is 12.1 Å². The van der Waals surface area contributed by atoms with E-state index in [1.54, 1.807) is 13.2 Å². The van der Waals surface area contributed by atoms with Gasteiger partial charge in [0.25, 0.3) is 5.91 Å². The molecule has 1 aromatic rings. The summed E-state index contributed by atoms with van der Waals surface area (Å²) in [6.07, 6.45) is 3.61. The predicted octanol–water partition coefficient (Wildman–Crippen LogP) is 2.55. The maximum Gasteiger partial charge on any atom is 0.251 e. The summed E-state index contributed by atoms with van der Waals surface area (Å²) in [4.78, 5) is 14.5. The van der Waals surface area contributed by atoms with E-state index < -0.39 is 0 Å². The number of hydrogen-bond acceptors (Lipinski definition) is 3. The van der Waals surface area contributed by atoms with Crippen LogP contribution in [0.3, 0.4) is 0 Å². The molecule has 0 bridgehead atoms. The third-order valence-electron chi connectivity index (χ3n) is 4.14. The van der Waals surface area contributed by atoms with E-state index in [1.165, 1.54) is 25.9 Å². The van der Waals surface area contributed by atoms with Crippen LogP contribution >= 0.6 is 0 Å². The Morgan fingerprint density at radius 1 is 1.38 bits per heavy atom. The minimum absolute atomic E-state index is 0.0267. The molecule has 0 aliphatic carbocycles. The molecule has 21 heavy (non-hydrogen) atoms. The second kappa shape index (κ2) is 8.03. The molecule has 0 unspecified atom stereocenters. The fourth-order valence-corrected chi connectivity index (χ4v) is 2.66. The molecule has 1 saturated heterocycles. The van der Waals surface area contributed by atoms with E-state index in [-0.39, 0.29) is 5.91 Å². The molecule has 1 amide bonds. The molecular weight excluding hydrogens is 264 g/mol. The van der Waals surface area contributed by atoms with E-state index in [2.05, 4.69) is 17.1 Å². The summed E-state index contributed by atoms with van der Waals surface area (Å²) in [5.41, 5.74) is 0.654. The molecule has 1 N–H and O–H groups in total. The Kier molecular flexibility index (Phi) is 6.05. The molecule has 0 saturated carbocycles. The Morgan fingerprint density at radius 3 is 2.86 bits per heavy atom. The van der Waals surface area contributed by atoms with E-state index in [9.17, 15) is 4.79 Å². The van der Waals surface area contributed by atoms with Crippen LogP contribution in [0.4, 0.5) is 0 Å². The number of ether oxygens (including phenoxy) is 1. The van der Waals surface area contributed by atoms with E-state index in [4.69, 9.17) is 4.74 Å². The van der Waals surface area contributed by atoms with Crippen molar-refractivity contribution in [1.29, 1.82) is 0 Å². The molecule has 4 nitrogen and oxygen atoms in total. The average Bonchev–Trinajstić information content (AvgIpc) is 2.53. The maximum absolute atomic E-state index is 12.0. The summed E-state index contributed by atoms with van der Waals surface area (Å²) in [7, 11) is 1.61. The molecule has 1 aromatic carbocycles. The first-order valence-electron chi connectivity index (χ1n) is 7.83. The Hall–Kier alpha value is -1.55. The number of methoxy groups -OCH3 is 1. The van der Waals surface area contributed by atoms with Crippen LogP contribution in [0, 0.1) is 5.92 Å². The first-order valence-corrected chi connectivity index (χ1v) is 7.83. The van der Waals surface area contributed by atoms with E-state index in [1.807, 2.05) is 18.2 Å². The van der Waals surface area contributed by atoms with Crippen LogP contribution < -0.4 is 10.1 Å². The largest absolute Gasteiger partial charge is 0.497 e. The van der Waals surface area contributed by atoms with Crippen LogP contribution in [-0.2, 0) is 0 Å². The topological polar surface area (TPSA) is 41.6 Å². The number of carbonyl (C=O) groups is 1. The smallest absolute Gasteiger partial charge is 0.251 e. The van der Waals surface area contributed by atoms with Crippen LogP contribution in [0.5, 0.6) is 5.75 Å². The predicted molar refractivity (Wildman–Crippen MR) is 84.8 cm³/mol. The van der Waals surface area contributed by atoms with Crippen molar-refractivity contribution in [2.75, 3.05) is 33.3 Å². The van der Waals surface area contributed by atoms with Gasteiger partial charge < -0.3 is 15.0 Å². The van der Waals surface area contributed by atoms with Crippen LogP contribution in [0.2, 0.25) is 0 Å². The van der Waals surface area contributed by atoms with E-state index >= 15 is 0 Å². The average molecular weight is 290 g/mol. The Morgan fingerprint density at radius 2 is 2.14 bits per heavy atom. The molecule has 4 heteroatoms. The number of piperidine rings is 1. The van der Waals surface area contributed by atoms with Crippen LogP contribution in [0.1, 0.15) is 36.5 Å². The van der Waals surface area contributed by atoms with Gasteiger partial charge in [0.1, 0.15) is 5.75 Å². The molecular formula is C17H26N2O2. The highest BCUT2D eigenvalue weighted by molar-refractivity contribution is 5.94. The Labute approximate surface area is 127 Å². The van der Waals surface area contributed by atoms with Crippen molar-refractivity contribution in [2.24, 2.45) is 5.92 Å². The summed E-state index contributed by atoms with van der Waals surface area (Å²) in [5.74, 6) is 1.56. The molecule has 116 valence electrons. The van der Waals surface area contributed by atoms with Crippen LogP contribution in [0.25, 0.3) is 0 Å². The molecule has 1 fully saturated rings. The Balaban J connectivity index is 1.67. The van der Waals surface area contributed by atoms with Crippen molar-refractivity contribution in [2.45, 2.75) is 26.2 Å². The molecule has 0 radical (unpaired) electrons. The zero-order valence-electron chi connectivity index (χ0n) is 13.1. The molecule has 2 rings (SSSR count). The van der Waals surface area contributed by atoms with Gasteiger partial charge in [-0.15, -0.1) is 0 Å². The number of rotatable bonds is 6. The molecule has 0 spiro atoms. The number of likely N-dealkylation sites (tertiary alicyclic amines) is 1. The maximum atomic E-state index is 12.0. The third-order valence-corrected chi connectivity index (χ3v) is 4.14. The van der Waals surface area contributed by atoms with Gasteiger partial charge in [-0.3, -0.25) is 4.79 Å². The fraction of sp³-hybridized carbons (Fsp3) is 0.588. The molecule has 1 aliphatic rings. The van der Waals surface area contributed by atoms with E-state index in [0.717, 1.165) is 25.4 Å². The molecule has 1 aliphatic heterocycles. The molecule has 0 aromatic heterocycles. The van der Waals surface area contributed by atoms with Crippen molar-refractivity contribution in [3.05, 3.63) is 29.8 Å². The van der Waals surface area contributed by atoms with Gasteiger partial charge in [-0.05, 0) is 63.0 Å². The third kappa shape index (κ3) is 5.05. The normalized spacial score (nSPS) is 16.7. The quantitative estimate of drug-likeness (QED) is 0.819. The SMILES string of the molecule is COc1cccc(C(=O)NCCCN2CCC(C)CC2)c1. The standard InChI is InChI=1S/C17H26N2O2/c1-14-7-11-19(12-8-14)10-4-9-18-17(20)15-5-3-6-16(13-15)21-2/h3,5-6,13-14H,4,7-12H2,1-2H3,(H,18,20). The molecule has 0 atom stereocenters. The minimum atomic E-state index is -0.0267. The first kappa shape index (κ1) is 15.8. The van der Waals surface area contributed by atoms with Gasteiger partial charge in [0.2, 0.25) is 0 Å². The molecule has 1 heterocycles. The Bertz CT molecular complexity index is 454. The van der Waals surface area contributed by atoms with Crippen molar-refractivity contribution < 1.29 is 9.53 Å². The van der Waals surface area contributed by atoms with Crippen molar-refractivity contribution in [3.8, 4) is 5.75 Å². The zero-order valence-corrected chi connectivity index (χ0v) is 13.1.